The van der Waals surface area contributed by atoms with Gasteiger partial charge in [0, 0.05) is 31.2 Å². The molecule has 0 aliphatic carbocycles. The lowest BCUT2D eigenvalue weighted by atomic mass is 10.1. The van der Waals surface area contributed by atoms with Crippen LogP contribution in [-0.4, -0.2) is 21.8 Å². The quantitative estimate of drug-likeness (QED) is 0.811. The van der Waals surface area contributed by atoms with Crippen molar-refractivity contribution >= 4 is 11.8 Å². The Morgan fingerprint density at radius 2 is 2.11 bits per heavy atom. The monoisotopic (exact) mass is 261 g/mol. The minimum absolute atomic E-state index is 0.373. The van der Waals surface area contributed by atoms with E-state index >= 15 is 0 Å². The lowest BCUT2D eigenvalue weighted by Gasteiger charge is -2.17. The molecule has 0 bridgehead atoms. The SMILES string of the molecule is CCNC(CSc1nccn1C)c1ccccc1. The molecule has 1 unspecified atom stereocenters. The van der Waals surface area contributed by atoms with Gasteiger partial charge >= 0.3 is 0 Å². The van der Waals surface area contributed by atoms with Gasteiger partial charge in [-0.25, -0.2) is 4.98 Å². The average molecular weight is 261 g/mol. The first kappa shape index (κ1) is 13.2. The second-order valence-electron chi connectivity index (χ2n) is 4.15. The molecule has 0 saturated heterocycles. The molecule has 1 aromatic carbocycles. The topological polar surface area (TPSA) is 29.9 Å². The Morgan fingerprint density at radius 3 is 2.72 bits per heavy atom. The molecule has 0 saturated carbocycles. The van der Waals surface area contributed by atoms with Gasteiger partial charge in [0.2, 0.25) is 0 Å². The minimum Gasteiger partial charge on any atom is -0.329 e. The van der Waals surface area contributed by atoms with Crippen molar-refractivity contribution in [2.45, 2.75) is 18.1 Å². The van der Waals surface area contributed by atoms with Crippen molar-refractivity contribution in [3.63, 3.8) is 0 Å². The van der Waals surface area contributed by atoms with Gasteiger partial charge in [0.15, 0.2) is 5.16 Å². The zero-order chi connectivity index (χ0) is 12.8. The molecule has 0 aliphatic heterocycles. The van der Waals surface area contributed by atoms with Crippen molar-refractivity contribution < 1.29 is 0 Å². The van der Waals surface area contributed by atoms with E-state index in [0.29, 0.717) is 6.04 Å². The van der Waals surface area contributed by atoms with Crippen molar-refractivity contribution in [3.8, 4) is 0 Å². The summed E-state index contributed by atoms with van der Waals surface area (Å²) in [4.78, 5) is 4.34. The average Bonchev–Trinajstić information content (AvgIpc) is 2.81. The largest absolute Gasteiger partial charge is 0.329 e. The van der Waals surface area contributed by atoms with Crippen LogP contribution in [0.5, 0.6) is 0 Å². The molecule has 18 heavy (non-hydrogen) atoms. The summed E-state index contributed by atoms with van der Waals surface area (Å²) >= 11 is 1.79. The van der Waals surface area contributed by atoms with Gasteiger partial charge in [-0.2, -0.15) is 0 Å². The highest BCUT2D eigenvalue weighted by Gasteiger charge is 2.11. The summed E-state index contributed by atoms with van der Waals surface area (Å²) in [6.07, 6.45) is 3.82. The number of aryl methyl sites for hydroxylation is 1. The summed E-state index contributed by atoms with van der Waals surface area (Å²) in [5.41, 5.74) is 1.33. The van der Waals surface area contributed by atoms with E-state index in [4.69, 9.17) is 0 Å². The van der Waals surface area contributed by atoms with Crippen molar-refractivity contribution in [3.05, 3.63) is 48.3 Å². The number of benzene rings is 1. The number of aromatic nitrogens is 2. The predicted octanol–water partition coefficient (Wildman–Crippen LogP) is 2.86. The summed E-state index contributed by atoms with van der Waals surface area (Å²) in [6, 6.07) is 10.9. The first-order valence-corrected chi connectivity index (χ1v) is 7.18. The Kier molecular flexibility index (Phi) is 4.84. The number of imidazole rings is 1. The minimum atomic E-state index is 0.373. The first-order chi connectivity index (χ1) is 8.81. The first-order valence-electron chi connectivity index (χ1n) is 6.19. The maximum Gasteiger partial charge on any atom is 0.167 e. The zero-order valence-corrected chi connectivity index (χ0v) is 11.7. The van der Waals surface area contributed by atoms with Gasteiger partial charge in [0.05, 0.1) is 0 Å². The molecule has 1 aromatic heterocycles. The molecular formula is C14H19N3S. The number of rotatable bonds is 6. The number of thioether (sulfide) groups is 1. The van der Waals surface area contributed by atoms with E-state index in [2.05, 4.69) is 52.1 Å². The van der Waals surface area contributed by atoms with Crippen LogP contribution in [0.4, 0.5) is 0 Å². The van der Waals surface area contributed by atoms with E-state index in [1.165, 1.54) is 5.56 Å². The van der Waals surface area contributed by atoms with Crippen LogP contribution in [0.1, 0.15) is 18.5 Å². The van der Waals surface area contributed by atoms with Crippen LogP contribution in [0.2, 0.25) is 0 Å². The Hall–Kier alpha value is -1.26. The number of hydrogen-bond donors (Lipinski definition) is 1. The fourth-order valence-electron chi connectivity index (χ4n) is 1.85. The molecule has 0 fully saturated rings. The molecule has 0 amide bonds. The summed E-state index contributed by atoms with van der Waals surface area (Å²) in [5, 5.41) is 4.59. The Morgan fingerprint density at radius 1 is 1.33 bits per heavy atom. The van der Waals surface area contributed by atoms with Gasteiger partial charge in [-0.05, 0) is 12.1 Å². The van der Waals surface area contributed by atoms with Crippen molar-refractivity contribution in [2.75, 3.05) is 12.3 Å². The molecule has 4 heteroatoms. The standard InChI is InChI=1S/C14H19N3S/c1-3-15-13(12-7-5-4-6-8-12)11-18-14-16-9-10-17(14)2/h4-10,13,15H,3,11H2,1-2H3. The maximum absolute atomic E-state index is 4.34. The summed E-state index contributed by atoms with van der Waals surface area (Å²) in [5.74, 6) is 0.989. The molecule has 0 aliphatic rings. The molecule has 1 heterocycles. The molecule has 96 valence electrons. The van der Waals surface area contributed by atoms with E-state index in [0.717, 1.165) is 17.5 Å². The Balaban J connectivity index is 2.01. The molecule has 3 nitrogen and oxygen atoms in total. The van der Waals surface area contributed by atoms with Gasteiger partial charge in [-0.1, -0.05) is 49.0 Å². The van der Waals surface area contributed by atoms with Gasteiger partial charge in [-0.15, -0.1) is 0 Å². The zero-order valence-electron chi connectivity index (χ0n) is 10.8. The normalized spacial score (nSPS) is 12.6. The second-order valence-corrected chi connectivity index (χ2v) is 5.14. The van der Waals surface area contributed by atoms with Crippen molar-refractivity contribution in [1.29, 1.82) is 0 Å². The lowest BCUT2D eigenvalue weighted by molar-refractivity contribution is 0.605. The fraction of sp³-hybridized carbons (Fsp3) is 0.357. The van der Waals surface area contributed by atoms with Crippen LogP contribution in [0.15, 0.2) is 47.9 Å². The smallest absolute Gasteiger partial charge is 0.167 e. The Labute approximate surface area is 113 Å². The molecule has 0 spiro atoms. The molecule has 1 N–H and O–H groups in total. The van der Waals surface area contributed by atoms with E-state index in [9.17, 15) is 0 Å². The van der Waals surface area contributed by atoms with Crippen LogP contribution in [0, 0.1) is 0 Å². The highest BCUT2D eigenvalue weighted by Crippen LogP contribution is 2.23. The van der Waals surface area contributed by atoms with Crippen LogP contribution in [0.25, 0.3) is 0 Å². The van der Waals surface area contributed by atoms with Gasteiger partial charge in [-0.3, -0.25) is 0 Å². The van der Waals surface area contributed by atoms with Gasteiger partial charge in [0.25, 0.3) is 0 Å². The summed E-state index contributed by atoms with van der Waals surface area (Å²) in [7, 11) is 2.03. The van der Waals surface area contributed by atoms with E-state index in [1.54, 1.807) is 11.8 Å². The fourth-order valence-corrected chi connectivity index (χ4v) is 2.88. The summed E-state index contributed by atoms with van der Waals surface area (Å²) in [6.45, 7) is 3.11. The number of nitrogens with zero attached hydrogens (tertiary/aromatic N) is 2. The van der Waals surface area contributed by atoms with Crippen LogP contribution < -0.4 is 5.32 Å². The van der Waals surface area contributed by atoms with E-state index in [-0.39, 0.29) is 0 Å². The van der Waals surface area contributed by atoms with Gasteiger partial charge < -0.3 is 9.88 Å². The molecule has 1 atom stereocenters. The summed E-state index contributed by atoms with van der Waals surface area (Å²) < 4.78 is 2.05. The van der Waals surface area contributed by atoms with Crippen LogP contribution >= 0.6 is 11.8 Å². The van der Waals surface area contributed by atoms with Crippen LogP contribution in [0.3, 0.4) is 0 Å². The molecular weight excluding hydrogens is 242 g/mol. The number of nitrogens with one attached hydrogen (secondary N) is 1. The predicted molar refractivity (Wildman–Crippen MR) is 76.8 cm³/mol. The molecule has 0 radical (unpaired) electrons. The Bertz CT molecular complexity index is 467. The van der Waals surface area contributed by atoms with Crippen LogP contribution in [-0.2, 0) is 7.05 Å². The molecule has 2 rings (SSSR count). The third kappa shape index (κ3) is 3.37. The van der Waals surface area contributed by atoms with Gasteiger partial charge in [0.1, 0.15) is 0 Å². The van der Waals surface area contributed by atoms with E-state index in [1.807, 2.05) is 19.4 Å². The highest BCUT2D eigenvalue weighted by molar-refractivity contribution is 7.99. The second kappa shape index (κ2) is 6.61. The van der Waals surface area contributed by atoms with Crippen molar-refractivity contribution in [1.82, 2.24) is 14.9 Å². The van der Waals surface area contributed by atoms with Crippen molar-refractivity contribution in [2.24, 2.45) is 7.05 Å². The number of hydrogen-bond acceptors (Lipinski definition) is 3. The molecule has 2 aromatic rings. The maximum atomic E-state index is 4.34. The van der Waals surface area contributed by atoms with E-state index < -0.39 is 0 Å². The highest BCUT2D eigenvalue weighted by atomic mass is 32.2. The third-order valence-electron chi connectivity index (χ3n) is 2.81. The third-order valence-corrected chi connectivity index (χ3v) is 3.96. The lowest BCUT2D eigenvalue weighted by Crippen LogP contribution is -2.23.